The molecule has 0 aromatic heterocycles. The minimum absolute atomic E-state index is 0.142. The van der Waals surface area contributed by atoms with Crippen molar-refractivity contribution in [3.8, 4) is 0 Å². The van der Waals surface area contributed by atoms with Crippen LogP contribution in [0.25, 0.3) is 0 Å². The van der Waals surface area contributed by atoms with E-state index in [1.165, 1.54) is 4.90 Å². The molecule has 5 rings (SSSR count). The maximum Gasteiger partial charge on any atom is 0.308 e. The van der Waals surface area contributed by atoms with Gasteiger partial charge in [0.05, 0.1) is 28.9 Å². The summed E-state index contributed by atoms with van der Waals surface area (Å²) in [6.45, 7) is 1.15. The lowest BCUT2D eigenvalue weighted by atomic mass is 9.90. The summed E-state index contributed by atoms with van der Waals surface area (Å²) in [6.07, 6.45) is 2.47. The monoisotopic (exact) mass is 475 g/mol. The van der Waals surface area contributed by atoms with Gasteiger partial charge in [0, 0.05) is 6.54 Å². The summed E-state index contributed by atoms with van der Waals surface area (Å²) in [5.41, 5.74) is 1.62. The first-order valence-electron chi connectivity index (χ1n) is 11.7. The molecule has 1 saturated carbocycles. The first kappa shape index (κ1) is 22.8. The Morgan fingerprint density at radius 2 is 1.71 bits per heavy atom. The lowest BCUT2D eigenvalue weighted by molar-refractivity contribution is -0.148. The highest BCUT2D eigenvalue weighted by Gasteiger charge is 2.52. The van der Waals surface area contributed by atoms with Gasteiger partial charge in [-0.15, -0.1) is 0 Å². The highest BCUT2D eigenvalue weighted by atomic mass is 16.5. The number of carbonyl (C=O) groups is 5. The molecule has 4 amide bonds. The van der Waals surface area contributed by atoms with Crippen LogP contribution < -0.4 is 10.2 Å². The second kappa shape index (κ2) is 8.65. The molecular formula is C26H25N3O6. The number of rotatable bonds is 5. The molecule has 2 aromatic carbocycles. The van der Waals surface area contributed by atoms with Crippen LogP contribution in [0.2, 0.25) is 0 Å². The first-order chi connectivity index (χ1) is 16.8. The molecule has 35 heavy (non-hydrogen) atoms. The van der Waals surface area contributed by atoms with E-state index in [9.17, 15) is 24.0 Å². The summed E-state index contributed by atoms with van der Waals surface area (Å²) in [5, 5.41) is 2.90. The van der Waals surface area contributed by atoms with E-state index >= 15 is 0 Å². The molecular weight excluding hydrogens is 450 g/mol. The number of imide groups is 1. The zero-order valence-corrected chi connectivity index (χ0v) is 19.3. The number of ether oxygens (including phenoxy) is 1. The second-order valence-electron chi connectivity index (χ2n) is 9.16. The molecule has 0 radical (unpaired) electrons. The molecule has 0 atom stereocenters. The fraction of sp³-hybridized carbons (Fsp3) is 0.346. The van der Waals surface area contributed by atoms with E-state index in [1.807, 2.05) is 6.92 Å². The van der Waals surface area contributed by atoms with E-state index in [-0.39, 0.29) is 18.9 Å². The number of para-hydroxylation sites is 2. The van der Waals surface area contributed by atoms with E-state index in [1.54, 1.807) is 42.5 Å². The van der Waals surface area contributed by atoms with Crippen LogP contribution in [-0.4, -0.2) is 53.2 Å². The lowest BCUT2D eigenvalue weighted by Crippen LogP contribution is -2.61. The topological polar surface area (TPSA) is 113 Å². The molecule has 2 heterocycles. The average molecular weight is 476 g/mol. The maximum atomic E-state index is 13.3. The third-order valence-corrected chi connectivity index (χ3v) is 6.95. The number of nitrogens with zero attached hydrogens (tertiary/aromatic N) is 2. The summed E-state index contributed by atoms with van der Waals surface area (Å²) in [4.78, 5) is 66.3. The normalized spacial score (nSPS) is 17.9. The van der Waals surface area contributed by atoms with Crippen LogP contribution in [0.4, 0.5) is 11.4 Å². The van der Waals surface area contributed by atoms with Crippen molar-refractivity contribution in [3.63, 3.8) is 0 Å². The van der Waals surface area contributed by atoms with Gasteiger partial charge in [0.2, 0.25) is 0 Å². The number of anilines is 2. The number of hydrogen-bond donors (Lipinski definition) is 1. The quantitative estimate of drug-likeness (QED) is 0.526. The van der Waals surface area contributed by atoms with E-state index < -0.39 is 35.8 Å². The number of amides is 4. The van der Waals surface area contributed by atoms with Gasteiger partial charge < -0.3 is 10.1 Å². The number of hydrogen-bond acceptors (Lipinski definition) is 6. The van der Waals surface area contributed by atoms with Crippen molar-refractivity contribution < 1.29 is 28.7 Å². The Balaban J connectivity index is 1.24. The van der Waals surface area contributed by atoms with E-state index in [0.717, 1.165) is 23.3 Å². The van der Waals surface area contributed by atoms with Crippen molar-refractivity contribution in [2.75, 3.05) is 23.4 Å². The molecule has 1 spiro atoms. The Hall–Kier alpha value is -4.01. The number of carbonyl (C=O) groups excluding carboxylic acids is 5. The Morgan fingerprint density at radius 1 is 1.00 bits per heavy atom. The molecule has 2 aliphatic heterocycles. The molecule has 0 unspecified atom stereocenters. The van der Waals surface area contributed by atoms with E-state index in [2.05, 4.69) is 5.32 Å². The fourth-order valence-electron chi connectivity index (χ4n) is 5.22. The number of esters is 1. The zero-order chi connectivity index (χ0) is 24.7. The number of benzene rings is 2. The fourth-order valence-corrected chi connectivity index (χ4v) is 5.22. The average Bonchev–Trinajstić information content (AvgIpc) is 3.41. The molecule has 3 aliphatic rings. The van der Waals surface area contributed by atoms with Gasteiger partial charge in [-0.25, -0.2) is 0 Å². The van der Waals surface area contributed by atoms with Crippen LogP contribution in [0, 0.1) is 6.92 Å². The van der Waals surface area contributed by atoms with E-state index in [0.29, 0.717) is 35.3 Å². The van der Waals surface area contributed by atoms with Gasteiger partial charge in [0.1, 0.15) is 5.54 Å². The SMILES string of the molecule is Cc1ccc2c(c1)C(=O)N(CCC(=O)OCC(=O)N1c3ccccc3NC(=O)C13CCCC3)C2=O. The van der Waals surface area contributed by atoms with E-state index in [4.69, 9.17) is 4.74 Å². The molecule has 1 fully saturated rings. The molecule has 0 bridgehead atoms. The summed E-state index contributed by atoms with van der Waals surface area (Å²) < 4.78 is 5.23. The van der Waals surface area contributed by atoms with Crippen LogP contribution in [0.5, 0.6) is 0 Å². The minimum Gasteiger partial charge on any atom is -0.455 e. The number of fused-ring (bicyclic) bond motifs is 2. The molecule has 9 nitrogen and oxygen atoms in total. The zero-order valence-electron chi connectivity index (χ0n) is 19.3. The highest BCUT2D eigenvalue weighted by Crippen LogP contribution is 2.45. The Bertz CT molecular complexity index is 1260. The summed E-state index contributed by atoms with van der Waals surface area (Å²) in [6, 6.07) is 12.1. The van der Waals surface area contributed by atoms with Gasteiger partial charge in [0.15, 0.2) is 6.61 Å². The smallest absolute Gasteiger partial charge is 0.308 e. The highest BCUT2D eigenvalue weighted by molar-refractivity contribution is 6.21. The second-order valence-corrected chi connectivity index (χ2v) is 9.16. The summed E-state index contributed by atoms with van der Waals surface area (Å²) >= 11 is 0. The largest absolute Gasteiger partial charge is 0.455 e. The third kappa shape index (κ3) is 3.77. The van der Waals surface area contributed by atoms with Crippen LogP contribution in [0.1, 0.15) is 58.4 Å². The molecule has 1 aliphatic carbocycles. The van der Waals surface area contributed by atoms with Crippen molar-refractivity contribution in [2.45, 2.75) is 44.6 Å². The van der Waals surface area contributed by atoms with Gasteiger partial charge in [-0.3, -0.25) is 33.8 Å². The van der Waals surface area contributed by atoms with Gasteiger partial charge in [-0.05, 0) is 44.0 Å². The predicted octanol–water partition coefficient (Wildman–Crippen LogP) is 2.82. The van der Waals surface area contributed by atoms with Gasteiger partial charge in [0.25, 0.3) is 23.6 Å². The molecule has 180 valence electrons. The van der Waals surface area contributed by atoms with Gasteiger partial charge >= 0.3 is 5.97 Å². The third-order valence-electron chi connectivity index (χ3n) is 6.95. The minimum atomic E-state index is -0.990. The number of nitrogens with one attached hydrogen (secondary N) is 1. The van der Waals surface area contributed by atoms with Crippen LogP contribution in [0.3, 0.4) is 0 Å². The molecule has 1 N–H and O–H groups in total. The Kier molecular flexibility index (Phi) is 5.62. The van der Waals surface area contributed by atoms with Gasteiger partial charge in [-0.2, -0.15) is 0 Å². The predicted molar refractivity (Wildman–Crippen MR) is 126 cm³/mol. The maximum absolute atomic E-state index is 13.3. The van der Waals surface area contributed by atoms with Crippen LogP contribution in [-0.2, 0) is 19.1 Å². The molecule has 2 aromatic rings. The molecule has 0 saturated heterocycles. The Morgan fingerprint density at radius 3 is 2.49 bits per heavy atom. The summed E-state index contributed by atoms with van der Waals surface area (Å²) in [7, 11) is 0. The van der Waals surface area contributed by atoms with Crippen molar-refractivity contribution in [3.05, 3.63) is 59.2 Å². The number of aryl methyl sites for hydroxylation is 1. The first-order valence-corrected chi connectivity index (χ1v) is 11.7. The van der Waals surface area contributed by atoms with Gasteiger partial charge in [-0.1, -0.05) is 36.6 Å². The van der Waals surface area contributed by atoms with Crippen molar-refractivity contribution in [1.82, 2.24) is 4.90 Å². The van der Waals surface area contributed by atoms with Crippen molar-refractivity contribution >= 4 is 41.0 Å². The Labute approximate surface area is 202 Å². The molecule has 9 heteroatoms. The van der Waals surface area contributed by atoms with Crippen LogP contribution in [0.15, 0.2) is 42.5 Å². The lowest BCUT2D eigenvalue weighted by Gasteiger charge is -2.44. The standard InChI is InChI=1S/C26H25N3O6/c1-16-8-9-17-18(14-16)24(33)28(23(17)32)13-10-22(31)35-15-21(30)29-20-7-3-2-6-19(20)27-25(34)26(29)11-4-5-12-26/h2-3,6-9,14H,4-5,10-13,15H2,1H3,(H,27,34). The summed E-state index contributed by atoms with van der Waals surface area (Å²) in [5.74, 6) is -2.32. The van der Waals surface area contributed by atoms with Crippen molar-refractivity contribution in [1.29, 1.82) is 0 Å². The van der Waals surface area contributed by atoms with Crippen molar-refractivity contribution in [2.24, 2.45) is 0 Å². The van der Waals surface area contributed by atoms with Crippen LogP contribution >= 0.6 is 0 Å².